The Kier molecular flexibility index (Phi) is 5.22. The van der Waals surface area contributed by atoms with Crippen molar-refractivity contribution in [2.24, 2.45) is 0 Å². The maximum atomic E-state index is 12.4. The Bertz CT molecular complexity index is 643. The van der Waals surface area contributed by atoms with Crippen molar-refractivity contribution in [2.45, 2.75) is 6.92 Å². The van der Waals surface area contributed by atoms with Crippen molar-refractivity contribution in [2.75, 3.05) is 19.0 Å². The van der Waals surface area contributed by atoms with Crippen LogP contribution in [0.25, 0.3) is 0 Å². The number of benzene rings is 2. The lowest BCUT2D eigenvalue weighted by molar-refractivity contribution is 0.102. The van der Waals surface area contributed by atoms with E-state index in [1.807, 2.05) is 31.2 Å². The van der Waals surface area contributed by atoms with Crippen molar-refractivity contribution in [3.8, 4) is 11.5 Å². The van der Waals surface area contributed by atoms with E-state index in [2.05, 4.69) is 21.2 Å². The summed E-state index contributed by atoms with van der Waals surface area (Å²) in [6, 6.07) is 12.6. The third-order valence-corrected chi connectivity index (χ3v) is 3.30. The van der Waals surface area contributed by atoms with Gasteiger partial charge < -0.3 is 14.8 Å². The minimum absolute atomic E-state index is 0.234. The Morgan fingerprint density at radius 3 is 2.76 bits per heavy atom. The molecule has 21 heavy (non-hydrogen) atoms. The summed E-state index contributed by atoms with van der Waals surface area (Å²) < 4.78 is 11.4. The molecule has 0 aliphatic carbocycles. The fourth-order valence-corrected chi connectivity index (χ4v) is 2.25. The molecular weight excluding hydrogens is 334 g/mol. The van der Waals surface area contributed by atoms with Gasteiger partial charge in [0.25, 0.3) is 5.91 Å². The van der Waals surface area contributed by atoms with Crippen molar-refractivity contribution in [3.05, 3.63) is 52.5 Å². The number of hydrogen-bond acceptors (Lipinski definition) is 3. The van der Waals surface area contributed by atoms with Gasteiger partial charge in [-0.2, -0.15) is 0 Å². The molecule has 0 saturated carbocycles. The lowest BCUT2D eigenvalue weighted by atomic mass is 10.2. The molecule has 2 rings (SSSR count). The Morgan fingerprint density at radius 2 is 2.05 bits per heavy atom. The summed E-state index contributed by atoms with van der Waals surface area (Å²) >= 11 is 3.36. The second kappa shape index (κ2) is 7.13. The number of ether oxygens (including phenoxy) is 2. The number of methoxy groups -OCH3 is 1. The van der Waals surface area contributed by atoms with E-state index < -0.39 is 0 Å². The van der Waals surface area contributed by atoms with E-state index in [4.69, 9.17) is 9.47 Å². The average Bonchev–Trinajstić information content (AvgIpc) is 2.48. The highest BCUT2D eigenvalue weighted by Gasteiger charge is 2.13. The van der Waals surface area contributed by atoms with Crippen molar-refractivity contribution < 1.29 is 14.3 Å². The first-order valence-electron chi connectivity index (χ1n) is 6.51. The average molecular weight is 350 g/mol. The molecule has 0 bridgehead atoms. The molecule has 0 saturated heterocycles. The van der Waals surface area contributed by atoms with Crippen LogP contribution in [0.15, 0.2) is 46.9 Å². The molecule has 2 aromatic carbocycles. The van der Waals surface area contributed by atoms with Gasteiger partial charge in [-0.1, -0.05) is 22.0 Å². The summed E-state index contributed by atoms with van der Waals surface area (Å²) in [4.78, 5) is 12.4. The number of carbonyl (C=O) groups is 1. The van der Waals surface area contributed by atoms with Crippen LogP contribution in [0.2, 0.25) is 0 Å². The number of amides is 1. The molecule has 110 valence electrons. The van der Waals surface area contributed by atoms with Gasteiger partial charge in [0, 0.05) is 16.2 Å². The van der Waals surface area contributed by atoms with Crippen LogP contribution < -0.4 is 14.8 Å². The van der Waals surface area contributed by atoms with Gasteiger partial charge in [0.1, 0.15) is 11.5 Å². The minimum Gasteiger partial charge on any atom is -0.496 e. The van der Waals surface area contributed by atoms with Gasteiger partial charge in [-0.05, 0) is 37.3 Å². The van der Waals surface area contributed by atoms with Crippen LogP contribution >= 0.6 is 15.9 Å². The smallest absolute Gasteiger partial charge is 0.259 e. The second-order valence-electron chi connectivity index (χ2n) is 4.26. The van der Waals surface area contributed by atoms with E-state index in [0.717, 1.165) is 10.2 Å². The summed E-state index contributed by atoms with van der Waals surface area (Å²) in [6.45, 7) is 2.49. The Labute approximate surface area is 132 Å². The summed E-state index contributed by atoms with van der Waals surface area (Å²) in [5, 5.41) is 2.84. The molecule has 1 N–H and O–H groups in total. The molecule has 0 unspecified atom stereocenters. The van der Waals surface area contributed by atoms with Crippen LogP contribution in [0.4, 0.5) is 5.69 Å². The Balaban J connectivity index is 2.21. The van der Waals surface area contributed by atoms with Gasteiger partial charge in [-0.3, -0.25) is 4.79 Å². The monoisotopic (exact) mass is 349 g/mol. The van der Waals surface area contributed by atoms with Gasteiger partial charge in [-0.15, -0.1) is 0 Å². The zero-order valence-corrected chi connectivity index (χ0v) is 13.4. The topological polar surface area (TPSA) is 47.6 Å². The number of rotatable bonds is 5. The van der Waals surface area contributed by atoms with E-state index in [-0.39, 0.29) is 5.91 Å². The second-order valence-corrected chi connectivity index (χ2v) is 5.18. The van der Waals surface area contributed by atoms with Gasteiger partial charge >= 0.3 is 0 Å². The van der Waals surface area contributed by atoms with Crippen molar-refractivity contribution in [1.29, 1.82) is 0 Å². The molecule has 0 fully saturated rings. The van der Waals surface area contributed by atoms with Crippen molar-refractivity contribution in [1.82, 2.24) is 0 Å². The van der Waals surface area contributed by atoms with Crippen molar-refractivity contribution in [3.63, 3.8) is 0 Å². The fourth-order valence-electron chi connectivity index (χ4n) is 1.89. The Morgan fingerprint density at radius 1 is 1.24 bits per heavy atom. The maximum absolute atomic E-state index is 12.4. The summed E-state index contributed by atoms with van der Waals surface area (Å²) in [5.74, 6) is 1.01. The molecule has 0 atom stereocenters. The molecule has 5 heteroatoms. The SMILES string of the molecule is CCOc1cccc(NC(=O)c2cc(Br)ccc2OC)c1. The summed E-state index contributed by atoms with van der Waals surface area (Å²) in [6.07, 6.45) is 0. The number of nitrogens with one attached hydrogen (secondary N) is 1. The molecule has 0 aromatic heterocycles. The van der Waals surface area contributed by atoms with Crippen LogP contribution in [0.1, 0.15) is 17.3 Å². The summed E-state index contributed by atoms with van der Waals surface area (Å²) in [7, 11) is 1.54. The fraction of sp³-hybridized carbons (Fsp3) is 0.188. The molecule has 0 aliphatic rings. The highest BCUT2D eigenvalue weighted by Crippen LogP contribution is 2.25. The quantitative estimate of drug-likeness (QED) is 0.883. The van der Waals surface area contributed by atoms with Crippen LogP contribution in [0, 0.1) is 0 Å². The molecule has 4 nitrogen and oxygen atoms in total. The number of carbonyl (C=O) groups excluding carboxylic acids is 1. The van der Waals surface area contributed by atoms with E-state index >= 15 is 0 Å². The molecule has 0 heterocycles. The third-order valence-electron chi connectivity index (χ3n) is 2.81. The Hall–Kier alpha value is -2.01. The lowest BCUT2D eigenvalue weighted by Gasteiger charge is -2.11. The van der Waals surface area contributed by atoms with Gasteiger partial charge in [0.2, 0.25) is 0 Å². The molecule has 1 amide bonds. The largest absolute Gasteiger partial charge is 0.496 e. The maximum Gasteiger partial charge on any atom is 0.259 e. The normalized spacial score (nSPS) is 10.0. The first kappa shape index (κ1) is 15.4. The third kappa shape index (κ3) is 3.98. The van der Waals surface area contributed by atoms with Crippen LogP contribution in [-0.2, 0) is 0 Å². The van der Waals surface area contributed by atoms with Crippen LogP contribution in [-0.4, -0.2) is 19.6 Å². The van der Waals surface area contributed by atoms with Crippen LogP contribution in [0.5, 0.6) is 11.5 Å². The van der Waals surface area contributed by atoms with Crippen molar-refractivity contribution >= 4 is 27.5 Å². The zero-order chi connectivity index (χ0) is 15.2. The number of halogens is 1. The minimum atomic E-state index is -0.234. The van der Waals surface area contributed by atoms with E-state index in [1.165, 1.54) is 7.11 Å². The van der Waals surface area contributed by atoms with Gasteiger partial charge in [0.15, 0.2) is 0 Å². The molecule has 2 aromatic rings. The number of anilines is 1. The highest BCUT2D eigenvalue weighted by molar-refractivity contribution is 9.10. The van der Waals surface area contributed by atoms with E-state index in [0.29, 0.717) is 23.6 Å². The first-order chi connectivity index (χ1) is 10.1. The predicted molar refractivity (Wildman–Crippen MR) is 86.3 cm³/mol. The lowest BCUT2D eigenvalue weighted by Crippen LogP contribution is -2.13. The van der Waals surface area contributed by atoms with E-state index in [9.17, 15) is 4.79 Å². The van der Waals surface area contributed by atoms with Gasteiger partial charge in [-0.25, -0.2) is 0 Å². The highest BCUT2D eigenvalue weighted by atomic mass is 79.9. The standard InChI is InChI=1S/C16H16BrNO3/c1-3-21-13-6-4-5-12(10-13)18-16(19)14-9-11(17)7-8-15(14)20-2/h4-10H,3H2,1-2H3,(H,18,19). The molecule has 0 aliphatic heterocycles. The number of hydrogen-bond donors (Lipinski definition) is 1. The van der Waals surface area contributed by atoms with Crippen LogP contribution in [0.3, 0.4) is 0 Å². The zero-order valence-electron chi connectivity index (χ0n) is 11.9. The van der Waals surface area contributed by atoms with E-state index in [1.54, 1.807) is 18.2 Å². The first-order valence-corrected chi connectivity index (χ1v) is 7.31. The molecule has 0 spiro atoms. The summed E-state index contributed by atoms with van der Waals surface area (Å²) in [5.41, 5.74) is 1.14. The molecular formula is C16H16BrNO3. The predicted octanol–water partition coefficient (Wildman–Crippen LogP) is 4.11. The molecule has 0 radical (unpaired) electrons. The van der Waals surface area contributed by atoms with Gasteiger partial charge in [0.05, 0.1) is 19.3 Å².